The molecule has 0 bridgehead atoms. The lowest BCUT2D eigenvalue weighted by Gasteiger charge is -2.33. The zero-order valence-corrected chi connectivity index (χ0v) is 15.0. The van der Waals surface area contributed by atoms with E-state index in [1.165, 1.54) is 11.2 Å². The van der Waals surface area contributed by atoms with Crippen LogP contribution in [0.1, 0.15) is 17.5 Å². The van der Waals surface area contributed by atoms with E-state index in [0.717, 1.165) is 0 Å². The maximum Gasteiger partial charge on any atom is 0.314 e. The number of furan rings is 1. The third-order valence-corrected chi connectivity index (χ3v) is 4.22. The standard InChI is InChI=1S/C19H21N3O5/c1-2-26-15-7-4-3-6-14(15)20-17(23)19(25)22-11-9-21(10-12-22)18(24)16-8-5-13-27-16/h3-8,13H,2,9-12H2,1H3,(H,20,23). The lowest BCUT2D eigenvalue weighted by atomic mass is 10.2. The van der Waals surface area contributed by atoms with Gasteiger partial charge in [-0.25, -0.2) is 0 Å². The fourth-order valence-corrected chi connectivity index (χ4v) is 2.84. The van der Waals surface area contributed by atoms with E-state index in [0.29, 0.717) is 31.1 Å². The number of hydrogen-bond donors (Lipinski definition) is 1. The van der Waals surface area contributed by atoms with Gasteiger partial charge in [-0.3, -0.25) is 14.4 Å². The Morgan fingerprint density at radius 1 is 1.04 bits per heavy atom. The smallest absolute Gasteiger partial charge is 0.314 e. The number of anilines is 1. The fourth-order valence-electron chi connectivity index (χ4n) is 2.84. The molecule has 0 unspecified atom stereocenters. The number of amides is 3. The van der Waals surface area contributed by atoms with Gasteiger partial charge >= 0.3 is 11.8 Å². The number of rotatable bonds is 4. The van der Waals surface area contributed by atoms with Gasteiger partial charge in [0.2, 0.25) is 0 Å². The first kappa shape index (κ1) is 18.5. The molecule has 142 valence electrons. The number of hydrogen-bond acceptors (Lipinski definition) is 5. The maximum atomic E-state index is 12.4. The van der Waals surface area contributed by atoms with Crippen molar-refractivity contribution in [3.05, 3.63) is 48.4 Å². The largest absolute Gasteiger partial charge is 0.492 e. The van der Waals surface area contributed by atoms with Crippen LogP contribution < -0.4 is 10.1 Å². The Labute approximate surface area is 156 Å². The van der Waals surface area contributed by atoms with E-state index < -0.39 is 11.8 Å². The Kier molecular flexibility index (Phi) is 5.75. The summed E-state index contributed by atoms with van der Waals surface area (Å²) in [6.45, 7) is 3.54. The van der Waals surface area contributed by atoms with Crippen LogP contribution in [0.2, 0.25) is 0 Å². The number of nitrogens with one attached hydrogen (secondary N) is 1. The molecule has 1 aromatic heterocycles. The van der Waals surface area contributed by atoms with Crippen LogP contribution in [0, 0.1) is 0 Å². The van der Waals surface area contributed by atoms with Gasteiger partial charge in [-0.15, -0.1) is 0 Å². The Balaban J connectivity index is 1.56. The third kappa shape index (κ3) is 4.28. The number of para-hydroxylation sites is 2. The van der Waals surface area contributed by atoms with Crippen molar-refractivity contribution in [2.75, 3.05) is 38.1 Å². The molecule has 1 N–H and O–H groups in total. The quantitative estimate of drug-likeness (QED) is 0.825. The first-order valence-corrected chi connectivity index (χ1v) is 8.75. The summed E-state index contributed by atoms with van der Waals surface area (Å²) in [6.07, 6.45) is 1.44. The van der Waals surface area contributed by atoms with Crippen molar-refractivity contribution in [3.8, 4) is 5.75 Å². The molecular weight excluding hydrogens is 350 g/mol. The van der Waals surface area contributed by atoms with E-state index >= 15 is 0 Å². The lowest BCUT2D eigenvalue weighted by molar-refractivity contribution is -0.144. The molecule has 8 heteroatoms. The van der Waals surface area contributed by atoms with Gasteiger partial charge in [0, 0.05) is 26.2 Å². The van der Waals surface area contributed by atoms with Crippen LogP contribution in [0.25, 0.3) is 0 Å². The Morgan fingerprint density at radius 3 is 2.41 bits per heavy atom. The van der Waals surface area contributed by atoms with Crippen LogP contribution in [0.5, 0.6) is 5.75 Å². The molecule has 3 rings (SSSR count). The average Bonchev–Trinajstić information content (AvgIpc) is 3.23. The van der Waals surface area contributed by atoms with Gasteiger partial charge in [0.05, 0.1) is 18.6 Å². The van der Waals surface area contributed by atoms with Gasteiger partial charge in [0.25, 0.3) is 5.91 Å². The average molecular weight is 371 g/mol. The predicted octanol–water partition coefficient (Wildman–Crippen LogP) is 1.60. The van der Waals surface area contributed by atoms with Crippen molar-refractivity contribution in [2.24, 2.45) is 0 Å². The van der Waals surface area contributed by atoms with Crippen molar-refractivity contribution >= 4 is 23.4 Å². The molecule has 0 spiro atoms. The minimum Gasteiger partial charge on any atom is -0.492 e. The molecular formula is C19H21N3O5. The van der Waals surface area contributed by atoms with E-state index in [1.54, 1.807) is 41.3 Å². The highest BCUT2D eigenvalue weighted by Crippen LogP contribution is 2.23. The predicted molar refractivity (Wildman–Crippen MR) is 97.4 cm³/mol. The zero-order valence-electron chi connectivity index (χ0n) is 15.0. The zero-order chi connectivity index (χ0) is 19.2. The summed E-state index contributed by atoms with van der Waals surface area (Å²) < 4.78 is 10.6. The Morgan fingerprint density at radius 2 is 1.74 bits per heavy atom. The molecule has 1 aliphatic rings. The number of benzene rings is 1. The van der Waals surface area contributed by atoms with Crippen molar-refractivity contribution in [1.82, 2.24) is 9.80 Å². The minimum absolute atomic E-state index is 0.220. The summed E-state index contributed by atoms with van der Waals surface area (Å²) in [5, 5.41) is 2.60. The molecule has 27 heavy (non-hydrogen) atoms. The molecule has 1 fully saturated rings. The topological polar surface area (TPSA) is 92.1 Å². The van der Waals surface area contributed by atoms with Crippen LogP contribution in [0.4, 0.5) is 5.69 Å². The Hall–Kier alpha value is -3.29. The normalized spacial score (nSPS) is 14.0. The first-order valence-electron chi connectivity index (χ1n) is 8.75. The van der Waals surface area contributed by atoms with E-state index in [1.807, 2.05) is 6.92 Å². The monoisotopic (exact) mass is 371 g/mol. The number of carbonyl (C=O) groups is 3. The molecule has 2 heterocycles. The van der Waals surface area contributed by atoms with Crippen molar-refractivity contribution < 1.29 is 23.5 Å². The third-order valence-electron chi connectivity index (χ3n) is 4.22. The van der Waals surface area contributed by atoms with Crippen LogP contribution in [-0.2, 0) is 9.59 Å². The molecule has 8 nitrogen and oxygen atoms in total. The second-order valence-electron chi connectivity index (χ2n) is 5.94. The lowest BCUT2D eigenvalue weighted by Crippen LogP contribution is -2.52. The van der Waals surface area contributed by atoms with Gasteiger partial charge in [-0.1, -0.05) is 12.1 Å². The molecule has 1 saturated heterocycles. The number of piperazine rings is 1. The van der Waals surface area contributed by atoms with Crippen LogP contribution in [-0.4, -0.2) is 60.3 Å². The molecule has 2 aromatic rings. The van der Waals surface area contributed by atoms with Crippen molar-refractivity contribution in [2.45, 2.75) is 6.92 Å². The molecule has 3 amide bonds. The number of carbonyl (C=O) groups excluding carboxylic acids is 3. The summed E-state index contributed by atoms with van der Waals surface area (Å²) in [5.74, 6) is -0.809. The number of nitrogens with zero attached hydrogens (tertiary/aromatic N) is 2. The molecule has 0 saturated carbocycles. The molecule has 0 radical (unpaired) electrons. The summed E-state index contributed by atoms with van der Waals surface area (Å²) in [7, 11) is 0. The highest BCUT2D eigenvalue weighted by Gasteiger charge is 2.29. The first-order chi connectivity index (χ1) is 13.1. The van der Waals surface area contributed by atoms with Gasteiger partial charge < -0.3 is 24.3 Å². The molecule has 1 aromatic carbocycles. The summed E-state index contributed by atoms with van der Waals surface area (Å²) in [4.78, 5) is 40.0. The highest BCUT2D eigenvalue weighted by atomic mass is 16.5. The molecule has 1 aliphatic heterocycles. The van der Waals surface area contributed by atoms with E-state index in [2.05, 4.69) is 5.32 Å². The van der Waals surface area contributed by atoms with E-state index in [4.69, 9.17) is 9.15 Å². The summed E-state index contributed by atoms with van der Waals surface area (Å²) in [6, 6.07) is 10.2. The van der Waals surface area contributed by atoms with Crippen molar-refractivity contribution in [1.29, 1.82) is 0 Å². The number of ether oxygens (including phenoxy) is 1. The second-order valence-corrected chi connectivity index (χ2v) is 5.94. The fraction of sp³-hybridized carbons (Fsp3) is 0.316. The van der Waals surface area contributed by atoms with Crippen molar-refractivity contribution in [3.63, 3.8) is 0 Å². The minimum atomic E-state index is -0.729. The molecule has 0 aliphatic carbocycles. The highest BCUT2D eigenvalue weighted by molar-refractivity contribution is 6.39. The van der Waals surface area contributed by atoms with Crippen LogP contribution in [0.3, 0.4) is 0 Å². The van der Waals surface area contributed by atoms with Gasteiger partial charge in [-0.05, 0) is 31.2 Å². The summed E-state index contributed by atoms with van der Waals surface area (Å²) >= 11 is 0. The van der Waals surface area contributed by atoms with Crippen LogP contribution in [0.15, 0.2) is 47.1 Å². The molecule has 0 atom stereocenters. The summed E-state index contributed by atoms with van der Waals surface area (Å²) in [5.41, 5.74) is 0.448. The van der Waals surface area contributed by atoms with Gasteiger partial charge in [0.15, 0.2) is 5.76 Å². The Bertz CT molecular complexity index is 811. The second kappa shape index (κ2) is 8.39. The van der Waals surface area contributed by atoms with Gasteiger partial charge in [0.1, 0.15) is 5.75 Å². The SMILES string of the molecule is CCOc1ccccc1NC(=O)C(=O)N1CCN(C(=O)c2ccco2)CC1. The van der Waals surface area contributed by atoms with E-state index in [9.17, 15) is 14.4 Å². The van der Waals surface area contributed by atoms with Crippen LogP contribution >= 0.6 is 0 Å². The van der Waals surface area contributed by atoms with E-state index in [-0.39, 0.29) is 24.8 Å². The maximum absolute atomic E-state index is 12.4. The van der Waals surface area contributed by atoms with Gasteiger partial charge in [-0.2, -0.15) is 0 Å².